The third kappa shape index (κ3) is 1.40. The van der Waals surface area contributed by atoms with Crippen LogP contribution in [0.3, 0.4) is 0 Å². The fraction of sp³-hybridized carbons (Fsp3) is 0. The number of benzene rings is 1. The topological polar surface area (TPSA) is 21.5 Å². The summed E-state index contributed by atoms with van der Waals surface area (Å²) in [4.78, 5) is 12.3. The maximum atomic E-state index is 12.3. The van der Waals surface area contributed by atoms with Crippen molar-refractivity contribution in [3.05, 3.63) is 77.0 Å². The van der Waals surface area contributed by atoms with Crippen molar-refractivity contribution in [2.24, 2.45) is 0 Å². The van der Waals surface area contributed by atoms with Crippen molar-refractivity contribution in [2.75, 3.05) is 0 Å². The van der Waals surface area contributed by atoms with Crippen LogP contribution in [0.1, 0.15) is 0 Å². The molecule has 4 aromatic rings. The van der Waals surface area contributed by atoms with Gasteiger partial charge < -0.3 is 4.40 Å². The number of nitrogens with zero attached hydrogens (tertiary/aromatic N) is 1. The monoisotopic (exact) mass is 245 g/mol. The van der Waals surface area contributed by atoms with Crippen LogP contribution >= 0.6 is 0 Å². The number of rotatable bonds is 1. The molecule has 19 heavy (non-hydrogen) atoms. The summed E-state index contributed by atoms with van der Waals surface area (Å²) < 4.78 is 2.03. The van der Waals surface area contributed by atoms with Crippen LogP contribution in [-0.4, -0.2) is 4.40 Å². The third-order valence-corrected chi connectivity index (χ3v) is 3.56. The normalized spacial score (nSPS) is 11.4. The average molecular weight is 245 g/mol. The Kier molecular flexibility index (Phi) is 2.00. The maximum Gasteiger partial charge on any atom is 0.203 e. The molecule has 0 fully saturated rings. The molecule has 4 rings (SSSR count). The number of pyridine rings is 2. The summed E-state index contributed by atoms with van der Waals surface area (Å²) in [7, 11) is 0. The first-order valence-electron chi connectivity index (χ1n) is 6.27. The van der Waals surface area contributed by atoms with Crippen LogP contribution in [0.2, 0.25) is 0 Å². The minimum absolute atomic E-state index is 0.0631. The molecular formula is C17H11NO. The summed E-state index contributed by atoms with van der Waals surface area (Å²) in [6.07, 6.45) is 0. The van der Waals surface area contributed by atoms with Gasteiger partial charge in [-0.15, -0.1) is 0 Å². The molecule has 0 saturated heterocycles. The predicted octanol–water partition coefficient (Wildman–Crippen LogP) is 3.56. The number of hydrogen-bond acceptors (Lipinski definition) is 1. The van der Waals surface area contributed by atoms with Gasteiger partial charge in [-0.1, -0.05) is 36.4 Å². The minimum Gasteiger partial charge on any atom is -0.306 e. The number of aromatic nitrogens is 1. The van der Waals surface area contributed by atoms with Crippen LogP contribution in [-0.2, 0) is 0 Å². The standard InChI is InChI=1S/C17H11NO/c19-17-11-14(12-5-2-1-3-6-12)15-10-9-13-7-4-8-16(17)18(13)15/h1-11H. The van der Waals surface area contributed by atoms with E-state index >= 15 is 0 Å². The maximum absolute atomic E-state index is 12.3. The first-order valence-corrected chi connectivity index (χ1v) is 6.27. The van der Waals surface area contributed by atoms with E-state index in [-0.39, 0.29) is 5.43 Å². The van der Waals surface area contributed by atoms with Crippen molar-refractivity contribution in [1.29, 1.82) is 0 Å². The van der Waals surface area contributed by atoms with Gasteiger partial charge in [-0.05, 0) is 35.9 Å². The van der Waals surface area contributed by atoms with Gasteiger partial charge in [0.1, 0.15) is 0 Å². The lowest BCUT2D eigenvalue weighted by Crippen LogP contribution is -2.06. The van der Waals surface area contributed by atoms with Gasteiger partial charge in [-0.2, -0.15) is 0 Å². The van der Waals surface area contributed by atoms with Gasteiger partial charge in [0.05, 0.1) is 11.0 Å². The Morgan fingerprint density at radius 2 is 1.58 bits per heavy atom. The summed E-state index contributed by atoms with van der Waals surface area (Å²) >= 11 is 0. The first kappa shape index (κ1) is 10.3. The molecule has 3 heterocycles. The van der Waals surface area contributed by atoms with Gasteiger partial charge in [0.2, 0.25) is 5.43 Å². The van der Waals surface area contributed by atoms with Gasteiger partial charge in [0.25, 0.3) is 0 Å². The lowest BCUT2D eigenvalue weighted by molar-refractivity contribution is 1.29. The zero-order valence-electron chi connectivity index (χ0n) is 10.2. The van der Waals surface area contributed by atoms with E-state index in [0.717, 1.165) is 27.7 Å². The molecule has 1 aromatic carbocycles. The molecule has 0 amide bonds. The highest BCUT2D eigenvalue weighted by atomic mass is 16.1. The molecule has 0 spiro atoms. The summed E-state index contributed by atoms with van der Waals surface area (Å²) in [5.74, 6) is 0. The molecule has 0 bridgehead atoms. The highest BCUT2D eigenvalue weighted by Gasteiger charge is 2.10. The molecule has 90 valence electrons. The average Bonchev–Trinajstić information content (AvgIpc) is 2.89. The smallest absolute Gasteiger partial charge is 0.203 e. The van der Waals surface area contributed by atoms with E-state index in [9.17, 15) is 4.79 Å². The molecule has 0 N–H and O–H groups in total. The molecule has 3 aromatic heterocycles. The second kappa shape index (κ2) is 3.69. The Morgan fingerprint density at radius 1 is 0.737 bits per heavy atom. The van der Waals surface area contributed by atoms with Crippen molar-refractivity contribution in [3.63, 3.8) is 0 Å². The van der Waals surface area contributed by atoms with Crippen molar-refractivity contribution in [2.45, 2.75) is 0 Å². The highest BCUT2D eigenvalue weighted by Crippen LogP contribution is 2.27. The van der Waals surface area contributed by atoms with E-state index in [2.05, 4.69) is 6.07 Å². The molecule has 0 aliphatic heterocycles. The largest absolute Gasteiger partial charge is 0.306 e. The summed E-state index contributed by atoms with van der Waals surface area (Å²) in [5.41, 5.74) is 5.00. The van der Waals surface area contributed by atoms with Gasteiger partial charge >= 0.3 is 0 Å². The quantitative estimate of drug-likeness (QED) is 0.502. The highest BCUT2D eigenvalue weighted by molar-refractivity contribution is 5.87. The van der Waals surface area contributed by atoms with Crippen LogP contribution in [0, 0.1) is 0 Å². The van der Waals surface area contributed by atoms with E-state index in [0.29, 0.717) is 0 Å². The molecule has 0 unspecified atom stereocenters. The van der Waals surface area contributed by atoms with Crippen molar-refractivity contribution < 1.29 is 0 Å². The third-order valence-electron chi connectivity index (χ3n) is 3.56. The summed E-state index contributed by atoms with van der Waals surface area (Å²) in [6, 6.07) is 21.7. The lowest BCUT2D eigenvalue weighted by atomic mass is 10.1. The molecular weight excluding hydrogens is 234 g/mol. The molecule has 2 nitrogen and oxygen atoms in total. The van der Waals surface area contributed by atoms with Gasteiger partial charge in [0.15, 0.2) is 0 Å². The molecule has 0 aliphatic carbocycles. The van der Waals surface area contributed by atoms with E-state index in [1.165, 1.54) is 0 Å². The van der Waals surface area contributed by atoms with Crippen molar-refractivity contribution >= 4 is 16.6 Å². The molecule has 0 radical (unpaired) electrons. The zero-order valence-corrected chi connectivity index (χ0v) is 10.2. The number of hydrogen-bond donors (Lipinski definition) is 0. The summed E-state index contributed by atoms with van der Waals surface area (Å²) in [5, 5.41) is 0. The van der Waals surface area contributed by atoms with Gasteiger partial charge in [-0.25, -0.2) is 0 Å². The van der Waals surface area contributed by atoms with Crippen molar-refractivity contribution in [1.82, 2.24) is 4.40 Å². The summed E-state index contributed by atoms with van der Waals surface area (Å²) in [6.45, 7) is 0. The first-order chi connectivity index (χ1) is 9.34. The Hall–Kier alpha value is -2.61. The van der Waals surface area contributed by atoms with Crippen LogP contribution in [0.5, 0.6) is 0 Å². The lowest BCUT2D eigenvalue weighted by Gasteiger charge is -2.07. The van der Waals surface area contributed by atoms with Gasteiger partial charge in [-0.3, -0.25) is 4.79 Å². The second-order valence-electron chi connectivity index (χ2n) is 4.68. The van der Waals surface area contributed by atoms with Crippen molar-refractivity contribution in [3.8, 4) is 11.1 Å². The van der Waals surface area contributed by atoms with E-state index < -0.39 is 0 Å². The van der Waals surface area contributed by atoms with Crippen LogP contribution in [0.25, 0.3) is 27.7 Å². The predicted molar refractivity (Wildman–Crippen MR) is 77.8 cm³/mol. The Balaban J connectivity index is 2.22. The molecule has 0 saturated carbocycles. The van der Waals surface area contributed by atoms with Crippen LogP contribution in [0.15, 0.2) is 71.5 Å². The molecule has 2 heteroatoms. The SMILES string of the molecule is O=c1cc(-c2ccccc2)c2ccc3cccc1n32. The molecule has 0 aliphatic rings. The molecule has 0 atom stereocenters. The Labute approximate surface area is 109 Å². The fourth-order valence-electron chi connectivity index (χ4n) is 2.69. The fourth-order valence-corrected chi connectivity index (χ4v) is 2.69. The van der Waals surface area contributed by atoms with E-state index in [4.69, 9.17) is 0 Å². The van der Waals surface area contributed by atoms with Crippen LogP contribution < -0.4 is 5.43 Å². The Morgan fingerprint density at radius 3 is 2.42 bits per heavy atom. The van der Waals surface area contributed by atoms with E-state index in [1.807, 2.05) is 59.0 Å². The van der Waals surface area contributed by atoms with Gasteiger partial charge in [0, 0.05) is 11.1 Å². The van der Waals surface area contributed by atoms with E-state index in [1.54, 1.807) is 6.07 Å². The Bertz CT molecular complexity index is 922. The minimum atomic E-state index is 0.0631. The second-order valence-corrected chi connectivity index (χ2v) is 4.68. The van der Waals surface area contributed by atoms with Crippen LogP contribution in [0.4, 0.5) is 0 Å². The zero-order chi connectivity index (χ0) is 12.8.